The Morgan fingerprint density at radius 2 is 1.67 bits per heavy atom. The summed E-state index contributed by atoms with van der Waals surface area (Å²) in [4.78, 5) is 4.50. The highest BCUT2D eigenvalue weighted by molar-refractivity contribution is 7.89. The molecule has 1 aliphatic rings. The molecule has 2 aromatic heterocycles. The van der Waals surface area contributed by atoms with Crippen LogP contribution in [0.1, 0.15) is 57.0 Å². The molecule has 1 N–H and O–H groups in total. The molecule has 0 saturated carbocycles. The number of fused-ring (bicyclic) bond motifs is 1. The lowest BCUT2D eigenvalue weighted by atomic mass is 9.62. The molecule has 1 unspecified atom stereocenters. The number of nitrogens with one attached hydrogen (secondary N) is 1. The van der Waals surface area contributed by atoms with Gasteiger partial charge in [-0.2, -0.15) is 5.10 Å². The zero-order chi connectivity index (χ0) is 24.2. The Hall–Kier alpha value is -2.78. The third-order valence-electron chi connectivity index (χ3n) is 7.24. The summed E-state index contributed by atoms with van der Waals surface area (Å²) in [5, 5.41) is 8.58. The smallest absolute Gasteiger partial charge is 0.239 e. The summed E-state index contributed by atoms with van der Waals surface area (Å²) >= 11 is 0. The van der Waals surface area contributed by atoms with Crippen LogP contribution in [0.3, 0.4) is 0 Å². The molecule has 2 atom stereocenters. The first kappa shape index (κ1) is 23.4. The lowest BCUT2D eigenvalue weighted by Gasteiger charge is -2.41. The van der Waals surface area contributed by atoms with Gasteiger partial charge in [-0.05, 0) is 67.6 Å². The minimum Gasteiger partial charge on any atom is -0.239 e. The van der Waals surface area contributed by atoms with Gasteiger partial charge in [0.25, 0.3) is 10.0 Å². The lowest BCUT2D eigenvalue weighted by Crippen LogP contribution is -2.40. The molecule has 0 fully saturated rings. The molecule has 4 rings (SSSR count). The fourth-order valence-electron chi connectivity index (χ4n) is 5.10. The minimum absolute atomic E-state index is 0.0204. The average molecular weight is 473 g/mol. The molecular weight excluding hydrogens is 446 g/mol. The van der Waals surface area contributed by atoms with Crippen molar-refractivity contribution in [2.45, 2.75) is 50.5 Å². The second kappa shape index (κ2) is 7.92. The van der Waals surface area contributed by atoms with E-state index in [2.05, 4.69) is 33.8 Å². The van der Waals surface area contributed by atoms with Gasteiger partial charge in [0.2, 0.25) is 0 Å². The highest BCUT2D eigenvalue weighted by atomic mass is 32.2. The Labute approximate surface area is 192 Å². The largest absolute Gasteiger partial charge is 0.257 e. The predicted octanol–water partition coefficient (Wildman–Crippen LogP) is 4.56. The molecular formula is C24H26F2N4O2S. The van der Waals surface area contributed by atoms with E-state index in [0.717, 1.165) is 12.0 Å². The maximum Gasteiger partial charge on any atom is 0.257 e. The number of rotatable bonds is 5. The summed E-state index contributed by atoms with van der Waals surface area (Å²) in [5.41, 5.74) is 0.686. The first-order valence-electron chi connectivity index (χ1n) is 10.7. The fraction of sp³-hybridized carbons (Fsp3) is 0.375. The van der Waals surface area contributed by atoms with E-state index in [4.69, 9.17) is 0 Å². The number of benzene rings is 1. The summed E-state index contributed by atoms with van der Waals surface area (Å²) in [6, 6.07) is 10.3. The molecule has 33 heavy (non-hydrogen) atoms. The van der Waals surface area contributed by atoms with Crippen molar-refractivity contribution in [1.82, 2.24) is 19.9 Å². The van der Waals surface area contributed by atoms with Crippen LogP contribution < -0.4 is 4.72 Å². The van der Waals surface area contributed by atoms with Crippen molar-refractivity contribution in [2.75, 3.05) is 7.05 Å². The molecule has 0 bridgehead atoms. The number of hydrogen-bond donors (Lipinski definition) is 1. The topological polar surface area (TPSA) is 84.8 Å². The van der Waals surface area contributed by atoms with Gasteiger partial charge in [0.05, 0.1) is 28.1 Å². The van der Waals surface area contributed by atoms with Crippen molar-refractivity contribution in [3.8, 4) is 11.3 Å². The SMILES string of the molecule is CCC1c2cc(-c3c(F)cccc3F)nnc2[C@](C)(c2cccc(S(=O)(=O)NC)n2)C1(C)C. The van der Waals surface area contributed by atoms with Gasteiger partial charge in [-0.3, -0.25) is 0 Å². The van der Waals surface area contributed by atoms with Crippen molar-refractivity contribution in [3.63, 3.8) is 0 Å². The van der Waals surface area contributed by atoms with E-state index in [-0.39, 0.29) is 22.2 Å². The van der Waals surface area contributed by atoms with Gasteiger partial charge in [-0.1, -0.05) is 32.9 Å². The van der Waals surface area contributed by atoms with Crippen molar-refractivity contribution < 1.29 is 17.2 Å². The van der Waals surface area contributed by atoms with Crippen LogP contribution in [-0.2, 0) is 15.4 Å². The fourth-order valence-corrected chi connectivity index (χ4v) is 5.78. The predicted molar refractivity (Wildman–Crippen MR) is 121 cm³/mol. The first-order valence-corrected chi connectivity index (χ1v) is 12.2. The van der Waals surface area contributed by atoms with Crippen molar-refractivity contribution >= 4 is 10.0 Å². The standard InChI is InChI=1S/C24H26F2N4O2S/c1-6-15-14-13-18(21-16(25)9-7-10-17(21)26)29-30-22(14)24(4,23(15,2)3)19-11-8-12-20(28-19)33(31,32)27-5/h7-13,15,27H,6H2,1-5H3/t15?,24-/m0/s1. The average Bonchev–Trinajstić information content (AvgIpc) is 2.96. The molecule has 6 nitrogen and oxygen atoms in total. The summed E-state index contributed by atoms with van der Waals surface area (Å²) in [6.07, 6.45) is 0.745. The van der Waals surface area contributed by atoms with Gasteiger partial charge in [0, 0.05) is 0 Å². The van der Waals surface area contributed by atoms with E-state index in [1.54, 1.807) is 18.2 Å². The molecule has 0 amide bonds. The third kappa shape index (κ3) is 3.36. The van der Waals surface area contributed by atoms with Crippen LogP contribution in [0.15, 0.2) is 47.5 Å². The van der Waals surface area contributed by atoms with Crippen molar-refractivity contribution in [3.05, 3.63) is 71.1 Å². The maximum atomic E-state index is 14.4. The number of sulfonamides is 1. The van der Waals surface area contributed by atoms with E-state index in [1.165, 1.54) is 31.3 Å². The van der Waals surface area contributed by atoms with Gasteiger partial charge in [0.15, 0.2) is 5.03 Å². The van der Waals surface area contributed by atoms with Gasteiger partial charge < -0.3 is 0 Å². The minimum atomic E-state index is -3.74. The third-order valence-corrected chi connectivity index (χ3v) is 8.55. The van der Waals surface area contributed by atoms with E-state index in [9.17, 15) is 17.2 Å². The second-order valence-corrected chi connectivity index (χ2v) is 10.8. The van der Waals surface area contributed by atoms with Gasteiger partial charge in [0.1, 0.15) is 11.6 Å². The summed E-state index contributed by atoms with van der Waals surface area (Å²) in [6.45, 7) is 8.17. The number of hydrogen-bond acceptors (Lipinski definition) is 5. The lowest BCUT2D eigenvalue weighted by molar-refractivity contribution is 0.188. The van der Waals surface area contributed by atoms with E-state index in [0.29, 0.717) is 11.4 Å². The number of pyridine rings is 1. The maximum absolute atomic E-state index is 14.4. The highest BCUT2D eigenvalue weighted by Crippen LogP contribution is 2.61. The summed E-state index contributed by atoms with van der Waals surface area (Å²) in [7, 11) is -2.41. The molecule has 0 aliphatic heterocycles. The van der Waals surface area contributed by atoms with Gasteiger partial charge in [-0.25, -0.2) is 26.9 Å². The van der Waals surface area contributed by atoms with E-state index >= 15 is 0 Å². The summed E-state index contributed by atoms with van der Waals surface area (Å²) < 4.78 is 56.0. The van der Waals surface area contributed by atoms with Crippen LogP contribution in [0.4, 0.5) is 8.78 Å². The Morgan fingerprint density at radius 1 is 1.03 bits per heavy atom. The van der Waals surface area contributed by atoms with Crippen LogP contribution in [0.5, 0.6) is 0 Å². The zero-order valence-electron chi connectivity index (χ0n) is 19.1. The Balaban J connectivity index is 1.96. The van der Waals surface area contributed by atoms with E-state index < -0.39 is 32.5 Å². The first-order chi connectivity index (χ1) is 15.5. The molecule has 3 aromatic rings. The van der Waals surface area contributed by atoms with Crippen LogP contribution in [0, 0.1) is 17.0 Å². The van der Waals surface area contributed by atoms with Crippen molar-refractivity contribution in [1.29, 1.82) is 0 Å². The Bertz CT molecular complexity index is 1320. The quantitative estimate of drug-likeness (QED) is 0.588. The van der Waals surface area contributed by atoms with Crippen LogP contribution in [0.2, 0.25) is 0 Å². The molecule has 174 valence electrons. The highest BCUT2D eigenvalue weighted by Gasteiger charge is 2.57. The Kier molecular flexibility index (Phi) is 5.61. The van der Waals surface area contributed by atoms with Gasteiger partial charge in [-0.15, -0.1) is 5.10 Å². The molecule has 1 aliphatic carbocycles. The number of nitrogens with zero attached hydrogens (tertiary/aromatic N) is 3. The molecule has 2 heterocycles. The molecule has 0 spiro atoms. The molecule has 0 saturated heterocycles. The van der Waals surface area contributed by atoms with Gasteiger partial charge >= 0.3 is 0 Å². The van der Waals surface area contributed by atoms with Crippen molar-refractivity contribution in [2.24, 2.45) is 5.41 Å². The number of halogens is 2. The molecule has 0 radical (unpaired) electrons. The van der Waals surface area contributed by atoms with Crippen LogP contribution in [-0.4, -0.2) is 30.6 Å². The Morgan fingerprint density at radius 3 is 2.27 bits per heavy atom. The van der Waals surface area contributed by atoms with E-state index in [1.807, 2.05) is 13.8 Å². The normalized spacial score (nSPS) is 21.7. The number of aromatic nitrogens is 3. The second-order valence-electron chi connectivity index (χ2n) is 9.01. The van der Waals surface area contributed by atoms with Crippen LogP contribution >= 0.6 is 0 Å². The summed E-state index contributed by atoms with van der Waals surface area (Å²) in [5.74, 6) is -1.43. The van der Waals surface area contributed by atoms with Crippen LogP contribution in [0.25, 0.3) is 11.3 Å². The monoisotopic (exact) mass is 472 g/mol. The molecule has 9 heteroatoms. The zero-order valence-corrected chi connectivity index (χ0v) is 20.0. The molecule has 1 aromatic carbocycles.